The molecule has 5 heteroatoms. The van der Waals surface area contributed by atoms with Gasteiger partial charge in [0.2, 0.25) is 0 Å². The summed E-state index contributed by atoms with van der Waals surface area (Å²) < 4.78 is 5.47. The molecule has 2 aromatic carbocycles. The Balaban J connectivity index is 1.56. The first kappa shape index (κ1) is 16.0. The molecule has 2 aromatic heterocycles. The van der Waals surface area contributed by atoms with Gasteiger partial charge in [-0.3, -0.25) is 0 Å². The number of anilines is 1. The van der Waals surface area contributed by atoms with Gasteiger partial charge in [0.1, 0.15) is 5.82 Å². The van der Waals surface area contributed by atoms with Crippen LogP contribution in [0.3, 0.4) is 0 Å². The Hall–Kier alpha value is -3.21. The summed E-state index contributed by atoms with van der Waals surface area (Å²) in [5.74, 6) is 1.56. The van der Waals surface area contributed by atoms with Gasteiger partial charge in [0.25, 0.3) is 0 Å². The van der Waals surface area contributed by atoms with Gasteiger partial charge in [-0.05, 0) is 43.4 Å². The zero-order valence-corrected chi connectivity index (χ0v) is 15.0. The molecule has 0 unspecified atom stereocenters. The summed E-state index contributed by atoms with van der Waals surface area (Å²) in [6.07, 6.45) is 4.36. The molecule has 5 rings (SSSR count). The summed E-state index contributed by atoms with van der Waals surface area (Å²) in [5, 5.41) is 8.72. The molecule has 134 valence electrons. The SMILES string of the molecule is c1ccc(CNc2nc(-c3noc4ccccc34)nc3c2CCCC3)cc1. The van der Waals surface area contributed by atoms with Crippen molar-refractivity contribution in [3.05, 3.63) is 71.4 Å². The zero-order valence-electron chi connectivity index (χ0n) is 15.0. The van der Waals surface area contributed by atoms with E-state index in [1.54, 1.807) is 0 Å². The van der Waals surface area contributed by atoms with Crippen LogP contribution in [0.4, 0.5) is 5.82 Å². The highest BCUT2D eigenvalue weighted by Gasteiger charge is 2.21. The lowest BCUT2D eigenvalue weighted by atomic mass is 9.96. The van der Waals surface area contributed by atoms with Crippen molar-refractivity contribution >= 4 is 16.8 Å². The van der Waals surface area contributed by atoms with Crippen LogP contribution in [0.2, 0.25) is 0 Å². The van der Waals surface area contributed by atoms with Crippen LogP contribution in [-0.4, -0.2) is 15.1 Å². The maximum atomic E-state index is 5.47. The lowest BCUT2D eigenvalue weighted by Gasteiger charge is -2.19. The molecule has 0 radical (unpaired) electrons. The Kier molecular flexibility index (Phi) is 4.05. The van der Waals surface area contributed by atoms with Gasteiger partial charge in [0, 0.05) is 17.8 Å². The van der Waals surface area contributed by atoms with Crippen molar-refractivity contribution in [3.8, 4) is 11.5 Å². The van der Waals surface area contributed by atoms with Gasteiger partial charge in [-0.1, -0.05) is 47.6 Å². The minimum absolute atomic E-state index is 0.635. The predicted molar refractivity (Wildman–Crippen MR) is 105 cm³/mol. The Bertz CT molecular complexity index is 1090. The van der Waals surface area contributed by atoms with Crippen LogP contribution in [-0.2, 0) is 19.4 Å². The topological polar surface area (TPSA) is 63.8 Å². The molecule has 1 aliphatic rings. The molecule has 0 saturated carbocycles. The van der Waals surface area contributed by atoms with Crippen molar-refractivity contribution in [2.45, 2.75) is 32.2 Å². The van der Waals surface area contributed by atoms with Crippen molar-refractivity contribution < 1.29 is 4.52 Å². The van der Waals surface area contributed by atoms with Gasteiger partial charge in [0.05, 0.1) is 5.39 Å². The standard InChI is InChI=1S/C22H20N4O/c1-2-8-15(9-3-1)14-23-21-16-10-4-6-12-18(16)24-22(25-21)20-17-11-5-7-13-19(17)27-26-20/h1-3,5,7-9,11,13H,4,6,10,12,14H2,(H,23,24,25). The quantitative estimate of drug-likeness (QED) is 0.570. The number of fused-ring (bicyclic) bond motifs is 2. The third kappa shape index (κ3) is 3.05. The largest absolute Gasteiger partial charge is 0.366 e. The Labute approximate surface area is 157 Å². The van der Waals surface area contributed by atoms with E-state index in [1.165, 1.54) is 24.0 Å². The molecule has 2 heterocycles. The van der Waals surface area contributed by atoms with E-state index in [0.29, 0.717) is 11.5 Å². The number of aryl methyl sites for hydroxylation is 1. The highest BCUT2D eigenvalue weighted by atomic mass is 16.5. The molecular formula is C22H20N4O. The second kappa shape index (κ2) is 6.83. The highest BCUT2D eigenvalue weighted by Crippen LogP contribution is 2.31. The second-order valence-corrected chi connectivity index (χ2v) is 6.89. The van der Waals surface area contributed by atoms with E-state index in [1.807, 2.05) is 30.3 Å². The number of hydrogen-bond acceptors (Lipinski definition) is 5. The fraction of sp³-hybridized carbons (Fsp3) is 0.227. The first-order chi connectivity index (χ1) is 13.4. The molecule has 5 nitrogen and oxygen atoms in total. The number of para-hydroxylation sites is 1. The number of aromatic nitrogens is 3. The van der Waals surface area contributed by atoms with Crippen molar-refractivity contribution in [2.75, 3.05) is 5.32 Å². The molecule has 0 aliphatic heterocycles. The Morgan fingerprint density at radius 2 is 1.70 bits per heavy atom. The minimum atomic E-state index is 0.635. The smallest absolute Gasteiger partial charge is 0.184 e. The zero-order chi connectivity index (χ0) is 18.1. The molecular weight excluding hydrogens is 336 g/mol. The van der Waals surface area contributed by atoms with Crippen LogP contribution < -0.4 is 5.32 Å². The molecule has 4 aromatic rings. The molecule has 0 spiro atoms. The molecule has 0 fully saturated rings. The number of nitrogens with one attached hydrogen (secondary N) is 1. The average Bonchev–Trinajstić information content (AvgIpc) is 3.17. The fourth-order valence-corrected chi connectivity index (χ4v) is 3.67. The van der Waals surface area contributed by atoms with Crippen molar-refractivity contribution in [2.24, 2.45) is 0 Å². The maximum absolute atomic E-state index is 5.47. The van der Waals surface area contributed by atoms with E-state index in [9.17, 15) is 0 Å². The molecule has 0 amide bonds. The van der Waals surface area contributed by atoms with E-state index < -0.39 is 0 Å². The summed E-state index contributed by atoms with van der Waals surface area (Å²) in [4.78, 5) is 9.70. The van der Waals surface area contributed by atoms with E-state index in [0.717, 1.165) is 41.9 Å². The molecule has 1 aliphatic carbocycles. The van der Waals surface area contributed by atoms with E-state index in [2.05, 4.69) is 34.7 Å². The Morgan fingerprint density at radius 1 is 0.889 bits per heavy atom. The van der Waals surface area contributed by atoms with E-state index >= 15 is 0 Å². The van der Waals surface area contributed by atoms with Crippen molar-refractivity contribution in [1.82, 2.24) is 15.1 Å². The van der Waals surface area contributed by atoms with E-state index in [-0.39, 0.29) is 0 Å². The highest BCUT2D eigenvalue weighted by molar-refractivity contribution is 5.89. The van der Waals surface area contributed by atoms with Crippen molar-refractivity contribution in [1.29, 1.82) is 0 Å². The third-order valence-electron chi connectivity index (χ3n) is 5.08. The maximum Gasteiger partial charge on any atom is 0.184 e. The van der Waals surface area contributed by atoms with Gasteiger partial charge >= 0.3 is 0 Å². The number of rotatable bonds is 4. The van der Waals surface area contributed by atoms with E-state index in [4.69, 9.17) is 14.5 Å². The van der Waals surface area contributed by atoms with Gasteiger partial charge < -0.3 is 9.84 Å². The van der Waals surface area contributed by atoms with Crippen LogP contribution in [0.1, 0.15) is 29.7 Å². The number of benzene rings is 2. The fourth-order valence-electron chi connectivity index (χ4n) is 3.67. The van der Waals surface area contributed by atoms with Crippen LogP contribution >= 0.6 is 0 Å². The molecule has 1 N–H and O–H groups in total. The first-order valence-electron chi connectivity index (χ1n) is 9.41. The van der Waals surface area contributed by atoms with Crippen molar-refractivity contribution in [3.63, 3.8) is 0 Å². The molecule has 0 atom stereocenters. The second-order valence-electron chi connectivity index (χ2n) is 6.89. The Morgan fingerprint density at radius 3 is 2.63 bits per heavy atom. The number of hydrogen-bond donors (Lipinski definition) is 1. The van der Waals surface area contributed by atoms with Gasteiger partial charge in [0.15, 0.2) is 17.1 Å². The molecule has 0 bridgehead atoms. The average molecular weight is 356 g/mol. The van der Waals surface area contributed by atoms with Crippen LogP contribution in [0.25, 0.3) is 22.5 Å². The normalized spacial score (nSPS) is 13.5. The third-order valence-corrected chi connectivity index (χ3v) is 5.08. The lowest BCUT2D eigenvalue weighted by molar-refractivity contribution is 0.458. The molecule has 27 heavy (non-hydrogen) atoms. The minimum Gasteiger partial charge on any atom is -0.366 e. The summed E-state index contributed by atoms with van der Waals surface area (Å²) in [6.45, 7) is 0.739. The number of nitrogens with zero attached hydrogens (tertiary/aromatic N) is 3. The lowest BCUT2D eigenvalue weighted by Crippen LogP contribution is -2.13. The first-order valence-corrected chi connectivity index (χ1v) is 9.41. The van der Waals surface area contributed by atoms with Gasteiger partial charge in [-0.2, -0.15) is 0 Å². The predicted octanol–water partition coefficient (Wildman–Crippen LogP) is 4.78. The van der Waals surface area contributed by atoms with Gasteiger partial charge in [-0.15, -0.1) is 0 Å². The molecule has 0 saturated heterocycles. The summed E-state index contributed by atoms with van der Waals surface area (Å²) in [7, 11) is 0. The summed E-state index contributed by atoms with van der Waals surface area (Å²) >= 11 is 0. The monoisotopic (exact) mass is 356 g/mol. The van der Waals surface area contributed by atoms with Crippen LogP contribution in [0.5, 0.6) is 0 Å². The summed E-state index contributed by atoms with van der Waals surface area (Å²) in [6, 6.07) is 18.2. The van der Waals surface area contributed by atoms with Crippen LogP contribution in [0, 0.1) is 0 Å². The summed E-state index contributed by atoms with van der Waals surface area (Å²) in [5.41, 5.74) is 5.08. The van der Waals surface area contributed by atoms with Crippen LogP contribution in [0.15, 0.2) is 59.1 Å². The van der Waals surface area contributed by atoms with Gasteiger partial charge in [-0.25, -0.2) is 9.97 Å².